The molecule has 42 heavy (non-hydrogen) atoms. The molecule has 0 unspecified atom stereocenters. The van der Waals surface area contributed by atoms with Crippen molar-refractivity contribution in [3.8, 4) is 0 Å². The Morgan fingerprint density at radius 2 is 0.833 bits per heavy atom. The van der Waals surface area contributed by atoms with Crippen LogP contribution >= 0.6 is 15.6 Å². The van der Waals surface area contributed by atoms with Gasteiger partial charge in [0.15, 0.2) is 12.4 Å². The van der Waals surface area contributed by atoms with Crippen molar-refractivity contribution in [3.63, 3.8) is 0 Å². The monoisotopic (exact) mass is 650 g/mol. The van der Waals surface area contributed by atoms with E-state index in [0.29, 0.717) is 0 Å². The summed E-state index contributed by atoms with van der Waals surface area (Å²) in [6.07, 6.45) is 4.35. The van der Waals surface area contributed by atoms with Gasteiger partial charge in [0.05, 0.1) is 21.8 Å². The van der Waals surface area contributed by atoms with Gasteiger partial charge in [0.2, 0.25) is 13.1 Å². The first-order valence-electron chi connectivity index (χ1n) is 11.7. The maximum Gasteiger partial charge on any atom is 0.287 e. The van der Waals surface area contributed by atoms with Crippen LogP contribution in [-0.4, -0.2) is 9.97 Å². The third-order valence-corrected chi connectivity index (χ3v) is 5.99. The second kappa shape index (κ2) is 8.04. The Labute approximate surface area is 226 Å². The molecule has 4 nitrogen and oxygen atoms in total. The molecule has 0 aliphatic carbocycles. The molecule has 0 amide bonds. The fourth-order valence-corrected chi connectivity index (χ4v) is 4.72. The molecule has 0 atom stereocenters. The second-order valence-corrected chi connectivity index (χ2v) is 13.3. The van der Waals surface area contributed by atoms with E-state index in [9.17, 15) is 50.4 Å². The first-order valence-corrected chi connectivity index (χ1v) is 15.7. The standard InChI is InChI=1S/C24H16N4.2F6P/c1-2-6-16-14-20-19(13-15(16)5-1)25-21-17-7-3-9-27-11-12-28-10-4-8-18(22(21)26-20)24(28)23(17)27;2*1-7(2,3,4,5)6/h1-10,13-14H,11-12H2;;/q+2;2*-1. The summed E-state index contributed by atoms with van der Waals surface area (Å²) in [5, 5.41) is 4.74. The molecule has 7 rings (SSSR count). The van der Waals surface area contributed by atoms with Crippen LogP contribution in [-0.2, 0) is 13.1 Å². The van der Waals surface area contributed by atoms with E-state index >= 15 is 0 Å². The second-order valence-electron chi connectivity index (χ2n) is 9.45. The van der Waals surface area contributed by atoms with Crippen molar-refractivity contribution in [3.05, 3.63) is 73.1 Å². The molecule has 18 heteroatoms. The Kier molecular flexibility index (Phi) is 5.71. The van der Waals surface area contributed by atoms with Gasteiger partial charge in [-0.05, 0) is 35.0 Å². The Morgan fingerprint density at radius 3 is 1.17 bits per heavy atom. The first kappa shape index (κ1) is 29.8. The molecular weight excluding hydrogens is 634 g/mol. The van der Waals surface area contributed by atoms with Crippen LogP contribution in [0.5, 0.6) is 0 Å². The van der Waals surface area contributed by atoms with E-state index in [0.717, 1.165) is 35.2 Å². The van der Waals surface area contributed by atoms with Crippen LogP contribution < -0.4 is 9.13 Å². The molecule has 0 spiro atoms. The molecule has 0 fully saturated rings. The molecule has 1 aliphatic heterocycles. The molecule has 6 aromatic rings. The van der Waals surface area contributed by atoms with Crippen LogP contribution in [0.2, 0.25) is 0 Å². The number of benzene rings is 3. The number of aryl methyl sites for hydroxylation is 2. The molecule has 1 aliphatic rings. The summed E-state index contributed by atoms with van der Waals surface area (Å²) in [4.78, 5) is 10.2. The topological polar surface area (TPSA) is 33.5 Å². The summed E-state index contributed by atoms with van der Waals surface area (Å²) < 4.78 is 123. The summed E-state index contributed by atoms with van der Waals surface area (Å²) >= 11 is 0. The van der Waals surface area contributed by atoms with E-state index in [2.05, 4.69) is 82.2 Å². The molecule has 0 saturated heterocycles. The van der Waals surface area contributed by atoms with Gasteiger partial charge in [-0.2, -0.15) is 9.13 Å². The predicted molar refractivity (Wildman–Crippen MR) is 137 cm³/mol. The molecule has 4 heterocycles. The summed E-state index contributed by atoms with van der Waals surface area (Å²) in [6.45, 7) is 1.95. The molecule has 0 bridgehead atoms. The van der Waals surface area contributed by atoms with Crippen LogP contribution in [0.4, 0.5) is 50.4 Å². The quantitative estimate of drug-likeness (QED) is 0.0539. The summed E-state index contributed by atoms with van der Waals surface area (Å²) in [5.41, 5.74) is 6.38. The maximum absolute atomic E-state index is 10.7. The van der Waals surface area contributed by atoms with Gasteiger partial charge in [0.25, 0.3) is 11.0 Å². The van der Waals surface area contributed by atoms with E-state index in [1.807, 2.05) is 0 Å². The minimum atomic E-state index is -10.7. The van der Waals surface area contributed by atoms with E-state index < -0.39 is 15.6 Å². The normalized spacial score (nSPS) is 16.7. The third kappa shape index (κ3) is 7.80. The third-order valence-electron chi connectivity index (χ3n) is 5.99. The van der Waals surface area contributed by atoms with Crippen LogP contribution in [0.15, 0.2) is 73.1 Å². The van der Waals surface area contributed by atoms with Crippen molar-refractivity contribution in [2.24, 2.45) is 0 Å². The Bertz CT molecular complexity index is 1910. The average molecular weight is 650 g/mol. The molecule has 3 aromatic heterocycles. The molecular formula is C24H16F12N4P2. The SMILES string of the molecule is F[P-](F)(F)(F)(F)F.F[P-](F)(F)(F)(F)F.c1ccc2cc3nc4c5ccc[n+]6c5c5c(ccc[n+]5CC6)c4nc3cc2c1. The van der Waals surface area contributed by atoms with Gasteiger partial charge in [0, 0.05) is 12.1 Å². The smallest absolute Gasteiger partial charge is 0.244 e. The van der Waals surface area contributed by atoms with Crippen molar-refractivity contribution >= 4 is 70.3 Å². The van der Waals surface area contributed by atoms with Crippen LogP contribution in [0.1, 0.15) is 0 Å². The Balaban J connectivity index is 0.000000212. The number of hydrogen-bond acceptors (Lipinski definition) is 2. The van der Waals surface area contributed by atoms with Gasteiger partial charge < -0.3 is 0 Å². The van der Waals surface area contributed by atoms with Gasteiger partial charge in [-0.3, -0.25) is 0 Å². The fraction of sp³-hybridized carbons (Fsp3) is 0.0833. The van der Waals surface area contributed by atoms with Gasteiger partial charge in [0.1, 0.15) is 11.0 Å². The summed E-state index contributed by atoms with van der Waals surface area (Å²) in [6, 6.07) is 21.3. The summed E-state index contributed by atoms with van der Waals surface area (Å²) in [7, 11) is -21.3. The number of pyridine rings is 2. The molecule has 226 valence electrons. The largest absolute Gasteiger partial charge is 0.287 e. The molecule has 3 aromatic carbocycles. The van der Waals surface area contributed by atoms with Gasteiger partial charge in [-0.15, -0.1) is 0 Å². The zero-order valence-corrected chi connectivity index (χ0v) is 22.4. The van der Waals surface area contributed by atoms with E-state index in [-0.39, 0.29) is 0 Å². The minimum Gasteiger partial charge on any atom is -0.244 e. The average Bonchev–Trinajstić information content (AvgIpc) is 2.82. The minimum absolute atomic E-state index is 0.947. The number of fused-ring (bicyclic) bond motifs is 5. The molecule has 0 saturated carbocycles. The fourth-order valence-electron chi connectivity index (χ4n) is 4.72. The molecule has 0 N–H and O–H groups in total. The van der Waals surface area contributed by atoms with Crippen molar-refractivity contribution < 1.29 is 59.5 Å². The van der Waals surface area contributed by atoms with Crippen LogP contribution in [0.3, 0.4) is 0 Å². The number of halogens is 12. The zero-order valence-electron chi connectivity index (χ0n) is 20.6. The number of rotatable bonds is 0. The van der Waals surface area contributed by atoms with E-state index in [4.69, 9.17) is 9.97 Å². The first-order chi connectivity index (χ1) is 18.8. The predicted octanol–water partition coefficient (Wildman–Crippen LogP) is 10.6. The zero-order chi connectivity index (χ0) is 31.1. The summed E-state index contributed by atoms with van der Waals surface area (Å²) in [5.74, 6) is 0. The van der Waals surface area contributed by atoms with Crippen molar-refractivity contribution in [2.45, 2.75) is 13.1 Å². The van der Waals surface area contributed by atoms with Gasteiger partial charge in [-0.1, -0.05) is 24.3 Å². The Hall–Kier alpha value is -3.64. The number of hydrogen-bond donors (Lipinski definition) is 0. The van der Waals surface area contributed by atoms with Crippen molar-refractivity contribution in [1.29, 1.82) is 0 Å². The van der Waals surface area contributed by atoms with Crippen LogP contribution in [0, 0.1) is 0 Å². The molecule has 0 radical (unpaired) electrons. The van der Waals surface area contributed by atoms with Gasteiger partial charge in [-0.25, -0.2) is 9.97 Å². The van der Waals surface area contributed by atoms with Gasteiger partial charge >= 0.3 is 66.0 Å². The van der Waals surface area contributed by atoms with E-state index in [1.165, 1.54) is 32.6 Å². The van der Waals surface area contributed by atoms with Crippen LogP contribution in [0.25, 0.3) is 54.6 Å². The number of aromatic nitrogens is 4. The number of nitrogens with zero attached hydrogens (tertiary/aromatic N) is 4. The van der Waals surface area contributed by atoms with Crippen molar-refractivity contribution in [1.82, 2.24) is 9.97 Å². The van der Waals surface area contributed by atoms with E-state index in [1.54, 1.807) is 0 Å². The van der Waals surface area contributed by atoms with Crippen molar-refractivity contribution in [2.75, 3.05) is 0 Å². The maximum atomic E-state index is 9.87. The Morgan fingerprint density at radius 1 is 0.500 bits per heavy atom.